The van der Waals surface area contributed by atoms with Crippen molar-refractivity contribution in [1.29, 1.82) is 0 Å². The Morgan fingerprint density at radius 2 is 1.00 bits per heavy atom. The highest BCUT2D eigenvalue weighted by molar-refractivity contribution is 7.86. The lowest BCUT2D eigenvalue weighted by atomic mass is 10.00. The fourth-order valence-electron chi connectivity index (χ4n) is 4.83. The van der Waals surface area contributed by atoms with E-state index in [0.29, 0.717) is 5.78 Å². The molecule has 0 atom stereocenters. The Hall–Kier alpha value is -0.580. The third-order valence-electron chi connectivity index (χ3n) is 7.38. The maximum atomic E-state index is 10.9. The van der Waals surface area contributed by atoms with Crippen LogP contribution >= 0.6 is 0 Å². The normalized spacial score (nSPS) is 22.6. The predicted octanol–water partition coefficient (Wildman–Crippen LogP) is 3.92. The molecule has 9 heteroatoms. The van der Waals surface area contributed by atoms with Crippen molar-refractivity contribution in [1.82, 2.24) is 14.7 Å². The number of nitrogens with zero attached hydrogens (tertiary/aromatic N) is 3. The van der Waals surface area contributed by atoms with E-state index in [1.807, 2.05) is 0 Å². The zero-order valence-corrected chi connectivity index (χ0v) is 26.3. The van der Waals surface area contributed by atoms with Gasteiger partial charge in [-0.3, -0.25) is 23.7 Å². The van der Waals surface area contributed by atoms with Gasteiger partial charge in [-0.25, -0.2) is 0 Å². The molecule has 0 aromatic heterocycles. The third kappa shape index (κ3) is 14.4. The van der Waals surface area contributed by atoms with Gasteiger partial charge < -0.3 is 5.11 Å². The summed E-state index contributed by atoms with van der Waals surface area (Å²) in [6.07, 6.45) is 5.91. The van der Waals surface area contributed by atoms with Crippen LogP contribution in [0.1, 0.15) is 101 Å². The summed E-state index contributed by atoms with van der Waals surface area (Å²) in [5.74, 6) is 0.422. The van der Waals surface area contributed by atoms with Crippen LogP contribution < -0.4 is 0 Å². The first-order chi connectivity index (χ1) is 16.7. The molecule has 0 aromatic carbocycles. The smallest absolute Gasteiger partial charge is 0.264 e. The highest BCUT2D eigenvalue weighted by Crippen LogP contribution is 2.22. The number of piperidine rings is 3. The Morgan fingerprint density at radius 1 is 0.676 bits per heavy atom. The van der Waals surface area contributed by atoms with Crippen LogP contribution in [0.3, 0.4) is 0 Å². The van der Waals surface area contributed by atoms with Crippen molar-refractivity contribution in [3.63, 3.8) is 0 Å². The van der Waals surface area contributed by atoms with E-state index >= 15 is 0 Å². The number of ketones is 1. The Morgan fingerprint density at radius 3 is 1.32 bits per heavy atom. The Kier molecular flexibility index (Phi) is 13.2. The lowest BCUT2D eigenvalue weighted by Gasteiger charge is -2.40. The van der Waals surface area contributed by atoms with Crippen LogP contribution in [-0.2, 0) is 19.1 Å². The second-order valence-corrected chi connectivity index (χ2v) is 15.3. The summed E-state index contributed by atoms with van der Waals surface area (Å²) in [4.78, 5) is 18.1. The molecule has 220 valence electrons. The first-order valence-electron chi connectivity index (χ1n) is 14.0. The largest absolute Gasteiger partial charge is 0.393 e. The molecule has 0 bridgehead atoms. The van der Waals surface area contributed by atoms with Crippen molar-refractivity contribution >= 4 is 15.9 Å². The Balaban J connectivity index is 0.000000283. The summed E-state index contributed by atoms with van der Waals surface area (Å²) < 4.78 is 26.9. The monoisotopic (exact) mass is 547 g/mol. The molecule has 3 saturated heterocycles. The highest BCUT2D eigenvalue weighted by Gasteiger charge is 2.29. The SMILES string of the molecule is CC(C)(C)N1CCC(=O)CC1.CC(C)(C)N1CCC(O)CC1.CC(C)(C)N1CCC(OS(C)(=O)=O)CC1. The summed E-state index contributed by atoms with van der Waals surface area (Å²) in [5, 5.41) is 9.27. The van der Waals surface area contributed by atoms with Gasteiger partial charge in [0.15, 0.2) is 0 Å². The minimum atomic E-state index is -3.30. The minimum absolute atomic E-state index is 0.0476. The predicted molar refractivity (Wildman–Crippen MR) is 152 cm³/mol. The molecular weight excluding hydrogens is 490 g/mol. The quantitative estimate of drug-likeness (QED) is 0.521. The second-order valence-electron chi connectivity index (χ2n) is 13.7. The van der Waals surface area contributed by atoms with Crippen LogP contribution in [0.15, 0.2) is 0 Å². The zero-order chi connectivity index (χ0) is 28.7. The number of likely N-dealkylation sites (tertiary alicyclic amines) is 3. The van der Waals surface area contributed by atoms with Crippen LogP contribution in [0.5, 0.6) is 0 Å². The molecule has 3 fully saturated rings. The summed E-state index contributed by atoms with van der Waals surface area (Å²) in [7, 11) is -3.30. The van der Waals surface area contributed by atoms with E-state index in [9.17, 15) is 18.3 Å². The fourth-order valence-corrected chi connectivity index (χ4v) is 5.52. The average molecular weight is 548 g/mol. The van der Waals surface area contributed by atoms with Gasteiger partial charge in [0.05, 0.1) is 18.5 Å². The van der Waals surface area contributed by atoms with Gasteiger partial charge in [0, 0.05) is 68.7 Å². The van der Waals surface area contributed by atoms with Crippen molar-refractivity contribution in [2.24, 2.45) is 0 Å². The second kappa shape index (κ2) is 14.2. The number of carbonyl (C=O) groups is 1. The fraction of sp³-hybridized carbons (Fsp3) is 0.964. The minimum Gasteiger partial charge on any atom is -0.393 e. The van der Waals surface area contributed by atoms with E-state index in [0.717, 1.165) is 84.0 Å². The third-order valence-corrected chi connectivity index (χ3v) is 8.01. The number of aliphatic hydroxyl groups is 1. The number of Topliss-reactive ketones (excluding diaryl/α,β-unsaturated/α-hetero) is 1. The number of hydrogen-bond acceptors (Lipinski definition) is 8. The number of carbonyl (C=O) groups excluding carboxylic acids is 1. The lowest BCUT2D eigenvalue weighted by molar-refractivity contribution is -0.122. The van der Waals surface area contributed by atoms with E-state index in [1.54, 1.807) is 0 Å². The number of aliphatic hydroxyl groups excluding tert-OH is 1. The molecule has 0 amide bonds. The van der Waals surface area contributed by atoms with Gasteiger partial charge in [0.25, 0.3) is 10.1 Å². The van der Waals surface area contributed by atoms with Crippen molar-refractivity contribution in [3.05, 3.63) is 0 Å². The van der Waals surface area contributed by atoms with E-state index in [4.69, 9.17) is 4.18 Å². The molecule has 0 aromatic rings. The summed E-state index contributed by atoms with van der Waals surface area (Å²) in [6, 6.07) is 0. The molecule has 1 N–H and O–H groups in total. The summed E-state index contributed by atoms with van der Waals surface area (Å²) >= 11 is 0. The average Bonchev–Trinajstić information content (AvgIpc) is 2.72. The van der Waals surface area contributed by atoms with E-state index in [-0.39, 0.29) is 28.8 Å². The van der Waals surface area contributed by atoms with Crippen molar-refractivity contribution < 1.29 is 22.5 Å². The Bertz CT molecular complexity index is 770. The molecule has 0 saturated carbocycles. The van der Waals surface area contributed by atoms with Crippen molar-refractivity contribution in [3.8, 4) is 0 Å². The first kappa shape index (κ1) is 34.4. The van der Waals surface area contributed by atoms with Crippen LogP contribution in [0.2, 0.25) is 0 Å². The molecule has 37 heavy (non-hydrogen) atoms. The van der Waals surface area contributed by atoms with Crippen LogP contribution in [-0.4, -0.2) is 108 Å². The van der Waals surface area contributed by atoms with Gasteiger partial charge in [-0.05, 0) is 88.0 Å². The van der Waals surface area contributed by atoms with Crippen LogP contribution in [0.25, 0.3) is 0 Å². The molecule has 3 aliphatic heterocycles. The molecular formula is C28H57N3O5S. The maximum absolute atomic E-state index is 10.9. The topological polar surface area (TPSA) is 90.4 Å². The van der Waals surface area contributed by atoms with Gasteiger partial charge in [0.1, 0.15) is 5.78 Å². The van der Waals surface area contributed by atoms with E-state index in [2.05, 4.69) is 77.0 Å². The number of rotatable bonds is 2. The van der Waals surface area contributed by atoms with E-state index in [1.165, 1.54) is 0 Å². The standard InChI is InChI=1S/C10H21NO3S.C9H19NO.C9H17NO/c1-10(2,3)11-7-5-9(6-8-11)14-15(4,12)13;2*1-9(2,3)10-6-4-8(11)5-7-10/h9H,5-8H2,1-4H3;8,11H,4-7H2,1-3H3;4-7H2,1-3H3. The van der Waals surface area contributed by atoms with Crippen LogP contribution in [0, 0.1) is 0 Å². The molecule has 3 heterocycles. The highest BCUT2D eigenvalue weighted by atomic mass is 32.2. The van der Waals surface area contributed by atoms with Gasteiger partial charge in [0.2, 0.25) is 0 Å². The van der Waals surface area contributed by atoms with Crippen LogP contribution in [0.4, 0.5) is 0 Å². The van der Waals surface area contributed by atoms with Gasteiger partial charge >= 0.3 is 0 Å². The molecule has 0 unspecified atom stereocenters. The summed E-state index contributed by atoms with van der Waals surface area (Å²) in [6.45, 7) is 25.6. The molecule has 8 nitrogen and oxygen atoms in total. The van der Waals surface area contributed by atoms with Crippen molar-refractivity contribution in [2.75, 3.05) is 45.5 Å². The summed E-state index contributed by atoms with van der Waals surface area (Å²) in [5.41, 5.74) is 0.677. The number of hydrogen-bond donors (Lipinski definition) is 1. The van der Waals surface area contributed by atoms with Gasteiger partial charge in [-0.1, -0.05) is 0 Å². The zero-order valence-electron chi connectivity index (χ0n) is 25.5. The van der Waals surface area contributed by atoms with Crippen molar-refractivity contribution in [2.45, 2.75) is 130 Å². The van der Waals surface area contributed by atoms with E-state index < -0.39 is 10.1 Å². The lowest BCUT2D eigenvalue weighted by Crippen LogP contribution is -2.47. The molecule has 0 radical (unpaired) electrons. The maximum Gasteiger partial charge on any atom is 0.264 e. The van der Waals surface area contributed by atoms with Gasteiger partial charge in [-0.15, -0.1) is 0 Å². The molecule has 0 aliphatic carbocycles. The Labute approximate surface area is 228 Å². The first-order valence-corrected chi connectivity index (χ1v) is 15.8. The molecule has 0 spiro atoms. The molecule has 3 rings (SSSR count). The van der Waals surface area contributed by atoms with Gasteiger partial charge in [-0.2, -0.15) is 8.42 Å². The molecule has 3 aliphatic rings.